The summed E-state index contributed by atoms with van der Waals surface area (Å²) in [7, 11) is 0. The van der Waals surface area contributed by atoms with Crippen molar-refractivity contribution < 1.29 is 0 Å². The number of hydrogen-bond acceptors (Lipinski definition) is 4. The summed E-state index contributed by atoms with van der Waals surface area (Å²) in [5, 5.41) is 6.87. The van der Waals surface area contributed by atoms with Crippen molar-refractivity contribution in [2.24, 2.45) is 0 Å². The van der Waals surface area contributed by atoms with Crippen molar-refractivity contribution in [3.63, 3.8) is 0 Å². The molecule has 0 atom stereocenters. The molecule has 1 saturated carbocycles. The summed E-state index contributed by atoms with van der Waals surface area (Å²) >= 11 is 3.59. The lowest BCUT2D eigenvalue weighted by molar-refractivity contribution is 0.530. The van der Waals surface area contributed by atoms with Gasteiger partial charge in [0, 0.05) is 12.1 Å². The Balaban J connectivity index is 2.12. The van der Waals surface area contributed by atoms with E-state index in [1.54, 1.807) is 6.33 Å². The van der Waals surface area contributed by atoms with Crippen LogP contribution in [0.1, 0.15) is 46.0 Å². The number of halogens is 1. The van der Waals surface area contributed by atoms with Crippen LogP contribution in [0.5, 0.6) is 0 Å². The molecule has 1 aliphatic carbocycles. The van der Waals surface area contributed by atoms with Crippen LogP contribution in [0.15, 0.2) is 10.8 Å². The van der Waals surface area contributed by atoms with Crippen molar-refractivity contribution >= 4 is 27.6 Å². The highest BCUT2D eigenvalue weighted by Crippen LogP contribution is 2.35. The summed E-state index contributed by atoms with van der Waals surface area (Å²) in [6.07, 6.45) is 7.71. The minimum absolute atomic E-state index is 0.179. The van der Waals surface area contributed by atoms with E-state index in [-0.39, 0.29) is 5.54 Å². The molecule has 1 fully saturated rings. The first-order chi connectivity index (χ1) is 8.64. The molecule has 5 heteroatoms. The highest BCUT2D eigenvalue weighted by molar-refractivity contribution is 9.10. The van der Waals surface area contributed by atoms with Gasteiger partial charge in [-0.25, -0.2) is 9.97 Å². The third kappa shape index (κ3) is 3.13. The zero-order valence-electron chi connectivity index (χ0n) is 11.1. The van der Waals surface area contributed by atoms with Crippen molar-refractivity contribution in [1.29, 1.82) is 0 Å². The Labute approximate surface area is 117 Å². The monoisotopic (exact) mass is 312 g/mol. The molecule has 1 heterocycles. The first-order valence-corrected chi connectivity index (χ1v) is 7.46. The lowest BCUT2D eigenvalue weighted by atomic mass is 10.0. The summed E-state index contributed by atoms with van der Waals surface area (Å²) in [4.78, 5) is 8.61. The summed E-state index contributed by atoms with van der Waals surface area (Å²) in [5.41, 5.74) is 0.179. The van der Waals surface area contributed by atoms with Gasteiger partial charge >= 0.3 is 0 Å². The fourth-order valence-corrected chi connectivity index (χ4v) is 2.83. The fraction of sp³-hybridized carbons (Fsp3) is 0.692. The molecule has 0 radical (unpaired) electrons. The number of hydrogen-bond donors (Lipinski definition) is 2. The highest BCUT2D eigenvalue weighted by Gasteiger charge is 2.29. The van der Waals surface area contributed by atoms with E-state index < -0.39 is 0 Å². The van der Waals surface area contributed by atoms with E-state index in [0.717, 1.165) is 29.1 Å². The van der Waals surface area contributed by atoms with Crippen LogP contribution in [-0.2, 0) is 0 Å². The Morgan fingerprint density at radius 2 is 1.94 bits per heavy atom. The molecule has 18 heavy (non-hydrogen) atoms. The van der Waals surface area contributed by atoms with Crippen LogP contribution in [0.3, 0.4) is 0 Å². The minimum Gasteiger partial charge on any atom is -0.369 e. The second-order valence-electron chi connectivity index (χ2n) is 5.20. The molecule has 0 bridgehead atoms. The van der Waals surface area contributed by atoms with Crippen molar-refractivity contribution in [2.75, 3.05) is 17.2 Å². The summed E-state index contributed by atoms with van der Waals surface area (Å²) in [6, 6.07) is 0. The molecule has 1 aliphatic rings. The fourth-order valence-electron chi connectivity index (χ4n) is 2.39. The van der Waals surface area contributed by atoms with Gasteiger partial charge in [0.2, 0.25) is 0 Å². The Morgan fingerprint density at radius 3 is 2.61 bits per heavy atom. The molecular weight excluding hydrogens is 292 g/mol. The number of nitrogens with zero attached hydrogens (tertiary/aromatic N) is 2. The predicted molar refractivity (Wildman–Crippen MR) is 79.0 cm³/mol. The van der Waals surface area contributed by atoms with Crippen molar-refractivity contribution in [2.45, 2.75) is 51.5 Å². The molecule has 0 spiro atoms. The van der Waals surface area contributed by atoms with Gasteiger partial charge in [-0.1, -0.05) is 19.8 Å². The average Bonchev–Trinajstić information content (AvgIpc) is 2.77. The van der Waals surface area contributed by atoms with Gasteiger partial charge in [-0.15, -0.1) is 0 Å². The van der Waals surface area contributed by atoms with Gasteiger partial charge in [0.15, 0.2) is 0 Å². The second kappa shape index (κ2) is 5.87. The van der Waals surface area contributed by atoms with E-state index in [2.05, 4.69) is 50.4 Å². The van der Waals surface area contributed by atoms with Crippen LogP contribution < -0.4 is 10.6 Å². The quantitative estimate of drug-likeness (QED) is 0.868. The van der Waals surface area contributed by atoms with E-state index >= 15 is 0 Å². The molecule has 0 aliphatic heterocycles. The molecule has 100 valence electrons. The molecule has 1 aromatic heterocycles. The van der Waals surface area contributed by atoms with Crippen LogP contribution >= 0.6 is 15.9 Å². The predicted octanol–water partition coefficient (Wildman–Crippen LogP) is 3.81. The smallest absolute Gasteiger partial charge is 0.146 e. The normalized spacial score (nSPS) is 17.7. The average molecular weight is 313 g/mol. The zero-order valence-corrected chi connectivity index (χ0v) is 12.7. The van der Waals surface area contributed by atoms with Gasteiger partial charge in [-0.2, -0.15) is 0 Å². The summed E-state index contributed by atoms with van der Waals surface area (Å²) in [5.74, 6) is 1.77. The van der Waals surface area contributed by atoms with E-state index in [0.29, 0.717) is 0 Å². The molecule has 1 aromatic rings. The van der Waals surface area contributed by atoms with E-state index in [9.17, 15) is 0 Å². The number of anilines is 2. The zero-order chi connectivity index (χ0) is 13.0. The van der Waals surface area contributed by atoms with Crippen LogP contribution in [-0.4, -0.2) is 22.1 Å². The van der Waals surface area contributed by atoms with Crippen LogP contribution in [0.25, 0.3) is 0 Å². The van der Waals surface area contributed by atoms with Crippen molar-refractivity contribution in [3.05, 3.63) is 10.8 Å². The van der Waals surface area contributed by atoms with Crippen LogP contribution in [0.4, 0.5) is 11.6 Å². The molecule has 2 N–H and O–H groups in total. The number of nitrogens with one attached hydrogen (secondary N) is 2. The van der Waals surface area contributed by atoms with Gasteiger partial charge in [-0.3, -0.25) is 0 Å². The Hall–Kier alpha value is -0.840. The lowest BCUT2D eigenvalue weighted by Gasteiger charge is -2.26. The maximum Gasteiger partial charge on any atom is 0.146 e. The van der Waals surface area contributed by atoms with Crippen LogP contribution in [0.2, 0.25) is 0 Å². The number of aromatic nitrogens is 2. The van der Waals surface area contributed by atoms with Gasteiger partial charge in [0.25, 0.3) is 0 Å². The van der Waals surface area contributed by atoms with E-state index in [4.69, 9.17) is 0 Å². The topological polar surface area (TPSA) is 49.8 Å². The molecule has 0 amide bonds. The molecule has 0 saturated heterocycles. The molecule has 4 nitrogen and oxygen atoms in total. The number of rotatable bonds is 5. The van der Waals surface area contributed by atoms with E-state index in [1.165, 1.54) is 25.7 Å². The van der Waals surface area contributed by atoms with Gasteiger partial charge in [0.05, 0.1) is 0 Å². The van der Waals surface area contributed by atoms with Crippen molar-refractivity contribution in [1.82, 2.24) is 9.97 Å². The standard InChI is InChI=1S/C13H21BrN4/c1-3-8-15-11-10(14)12(17-9-16-11)18-13(2)6-4-5-7-13/h9H,3-8H2,1-2H3,(H2,15,16,17,18). The molecular formula is C13H21BrN4. The highest BCUT2D eigenvalue weighted by atomic mass is 79.9. The largest absolute Gasteiger partial charge is 0.369 e. The second-order valence-corrected chi connectivity index (χ2v) is 6.00. The maximum atomic E-state index is 4.35. The van der Waals surface area contributed by atoms with Gasteiger partial charge in [0.1, 0.15) is 22.4 Å². The Bertz CT molecular complexity index is 402. The molecule has 0 aromatic carbocycles. The first-order valence-electron chi connectivity index (χ1n) is 6.67. The first kappa shape index (κ1) is 13.6. The maximum absolute atomic E-state index is 4.35. The van der Waals surface area contributed by atoms with Crippen molar-refractivity contribution in [3.8, 4) is 0 Å². The third-order valence-corrected chi connectivity index (χ3v) is 4.21. The van der Waals surface area contributed by atoms with Gasteiger partial charge in [-0.05, 0) is 42.1 Å². The molecule has 0 unspecified atom stereocenters. The SMILES string of the molecule is CCCNc1ncnc(NC2(C)CCCC2)c1Br. The van der Waals surface area contributed by atoms with E-state index in [1.807, 2.05) is 0 Å². The Morgan fingerprint density at radius 1 is 1.28 bits per heavy atom. The van der Waals surface area contributed by atoms with Crippen LogP contribution in [0, 0.1) is 0 Å². The lowest BCUT2D eigenvalue weighted by Crippen LogP contribution is -2.31. The molecule has 2 rings (SSSR count). The summed E-state index contributed by atoms with van der Waals surface area (Å²) < 4.78 is 0.937. The minimum atomic E-state index is 0.179. The van der Waals surface area contributed by atoms with Gasteiger partial charge < -0.3 is 10.6 Å². The third-order valence-electron chi connectivity index (χ3n) is 3.46. The summed E-state index contributed by atoms with van der Waals surface area (Å²) in [6.45, 7) is 5.33. The Kier molecular flexibility index (Phi) is 4.43.